The SMILES string of the molecule is CN(C)C(=O)NCCNCCCCO. The predicted molar refractivity (Wildman–Crippen MR) is 56.3 cm³/mol. The van der Waals surface area contributed by atoms with Crippen LogP contribution in [0.4, 0.5) is 4.79 Å². The third-order valence-electron chi connectivity index (χ3n) is 1.75. The minimum atomic E-state index is -0.0674. The second kappa shape index (κ2) is 8.77. The Morgan fingerprint density at radius 3 is 2.50 bits per heavy atom. The molecule has 0 aliphatic heterocycles. The fourth-order valence-corrected chi connectivity index (χ4v) is 0.903. The van der Waals surface area contributed by atoms with E-state index in [0.717, 1.165) is 25.9 Å². The Bertz CT molecular complexity index is 151. The smallest absolute Gasteiger partial charge is 0.316 e. The fraction of sp³-hybridized carbons (Fsp3) is 0.889. The Morgan fingerprint density at radius 1 is 1.21 bits per heavy atom. The van der Waals surface area contributed by atoms with E-state index in [9.17, 15) is 4.79 Å². The molecule has 0 aromatic carbocycles. The molecule has 0 rings (SSSR count). The van der Waals surface area contributed by atoms with Crippen LogP contribution >= 0.6 is 0 Å². The summed E-state index contributed by atoms with van der Waals surface area (Å²) < 4.78 is 0. The van der Waals surface area contributed by atoms with E-state index >= 15 is 0 Å². The zero-order valence-corrected chi connectivity index (χ0v) is 9.05. The number of hydrogen-bond acceptors (Lipinski definition) is 3. The number of hydrogen-bond donors (Lipinski definition) is 3. The molecule has 3 N–H and O–H groups in total. The molecule has 0 aliphatic rings. The van der Waals surface area contributed by atoms with Gasteiger partial charge >= 0.3 is 6.03 Å². The van der Waals surface area contributed by atoms with E-state index in [0.29, 0.717) is 6.54 Å². The molecule has 0 spiro atoms. The van der Waals surface area contributed by atoms with E-state index in [2.05, 4.69) is 10.6 Å². The number of aliphatic hydroxyl groups is 1. The molecule has 14 heavy (non-hydrogen) atoms. The van der Waals surface area contributed by atoms with Gasteiger partial charge in [-0.15, -0.1) is 0 Å². The second-order valence-corrected chi connectivity index (χ2v) is 3.31. The molecule has 0 aliphatic carbocycles. The number of carbonyl (C=O) groups is 1. The average molecular weight is 203 g/mol. The summed E-state index contributed by atoms with van der Waals surface area (Å²) in [4.78, 5) is 12.5. The van der Waals surface area contributed by atoms with Gasteiger partial charge in [0.25, 0.3) is 0 Å². The fourth-order valence-electron chi connectivity index (χ4n) is 0.903. The minimum absolute atomic E-state index is 0.0674. The average Bonchev–Trinajstić information content (AvgIpc) is 2.16. The van der Waals surface area contributed by atoms with Gasteiger partial charge in [0.2, 0.25) is 0 Å². The summed E-state index contributed by atoms with van der Waals surface area (Å²) in [5.41, 5.74) is 0. The van der Waals surface area contributed by atoms with Gasteiger partial charge < -0.3 is 20.6 Å². The highest BCUT2D eigenvalue weighted by Crippen LogP contribution is 1.82. The van der Waals surface area contributed by atoms with Crippen molar-refractivity contribution < 1.29 is 9.90 Å². The molecule has 0 radical (unpaired) electrons. The maximum absolute atomic E-state index is 11.0. The summed E-state index contributed by atoms with van der Waals surface area (Å²) >= 11 is 0. The van der Waals surface area contributed by atoms with Crippen molar-refractivity contribution in [1.29, 1.82) is 0 Å². The van der Waals surface area contributed by atoms with E-state index in [1.807, 2.05) is 0 Å². The molecule has 0 aromatic heterocycles. The molecule has 5 heteroatoms. The molecule has 0 bridgehead atoms. The molecule has 0 heterocycles. The van der Waals surface area contributed by atoms with Crippen LogP contribution in [-0.4, -0.2) is 56.4 Å². The van der Waals surface area contributed by atoms with Gasteiger partial charge in [0.15, 0.2) is 0 Å². The molecular formula is C9H21N3O2. The summed E-state index contributed by atoms with van der Waals surface area (Å²) in [6.07, 6.45) is 1.80. The number of unbranched alkanes of at least 4 members (excludes halogenated alkanes) is 1. The van der Waals surface area contributed by atoms with Gasteiger partial charge in [0.1, 0.15) is 0 Å². The third kappa shape index (κ3) is 7.82. The van der Waals surface area contributed by atoms with Crippen molar-refractivity contribution in [2.45, 2.75) is 12.8 Å². The van der Waals surface area contributed by atoms with Gasteiger partial charge in [-0.3, -0.25) is 0 Å². The van der Waals surface area contributed by atoms with Crippen molar-refractivity contribution in [3.05, 3.63) is 0 Å². The van der Waals surface area contributed by atoms with Gasteiger partial charge in [-0.2, -0.15) is 0 Å². The Labute approximate surface area is 85.5 Å². The van der Waals surface area contributed by atoms with Crippen molar-refractivity contribution in [1.82, 2.24) is 15.5 Å². The van der Waals surface area contributed by atoms with Crippen molar-refractivity contribution >= 4 is 6.03 Å². The molecule has 0 saturated carbocycles. The summed E-state index contributed by atoms with van der Waals surface area (Å²) in [6.45, 7) is 2.54. The first-order chi connectivity index (χ1) is 6.68. The molecule has 5 nitrogen and oxygen atoms in total. The van der Waals surface area contributed by atoms with E-state index in [-0.39, 0.29) is 12.6 Å². The number of rotatable bonds is 7. The highest BCUT2D eigenvalue weighted by Gasteiger charge is 1.99. The van der Waals surface area contributed by atoms with Gasteiger partial charge in [-0.05, 0) is 19.4 Å². The normalized spacial score (nSPS) is 9.93. The largest absolute Gasteiger partial charge is 0.396 e. The molecule has 0 atom stereocenters. The zero-order chi connectivity index (χ0) is 10.8. The number of nitrogens with one attached hydrogen (secondary N) is 2. The Morgan fingerprint density at radius 2 is 1.93 bits per heavy atom. The maximum atomic E-state index is 11.0. The molecule has 0 aromatic rings. The van der Waals surface area contributed by atoms with Gasteiger partial charge in [0, 0.05) is 33.8 Å². The lowest BCUT2D eigenvalue weighted by Crippen LogP contribution is -2.38. The van der Waals surface area contributed by atoms with Crippen LogP contribution in [0.1, 0.15) is 12.8 Å². The van der Waals surface area contributed by atoms with E-state index in [1.165, 1.54) is 4.90 Å². The molecular weight excluding hydrogens is 182 g/mol. The lowest BCUT2D eigenvalue weighted by Gasteiger charge is -2.11. The summed E-state index contributed by atoms with van der Waals surface area (Å²) in [6, 6.07) is -0.0674. The van der Waals surface area contributed by atoms with Gasteiger partial charge in [-0.25, -0.2) is 4.79 Å². The van der Waals surface area contributed by atoms with E-state index in [4.69, 9.17) is 5.11 Å². The van der Waals surface area contributed by atoms with Crippen molar-refractivity contribution in [3.8, 4) is 0 Å². The Balaban J connectivity index is 3.10. The summed E-state index contributed by atoms with van der Waals surface area (Å²) in [5.74, 6) is 0. The first-order valence-corrected chi connectivity index (χ1v) is 4.95. The third-order valence-corrected chi connectivity index (χ3v) is 1.75. The molecule has 2 amide bonds. The van der Waals surface area contributed by atoms with Crippen LogP contribution in [0.5, 0.6) is 0 Å². The number of aliphatic hydroxyl groups excluding tert-OH is 1. The lowest BCUT2D eigenvalue weighted by atomic mass is 10.3. The monoisotopic (exact) mass is 203 g/mol. The van der Waals surface area contributed by atoms with Gasteiger partial charge in [-0.1, -0.05) is 0 Å². The van der Waals surface area contributed by atoms with Crippen molar-refractivity contribution in [3.63, 3.8) is 0 Å². The van der Waals surface area contributed by atoms with E-state index in [1.54, 1.807) is 14.1 Å². The summed E-state index contributed by atoms with van der Waals surface area (Å²) in [7, 11) is 3.42. The number of urea groups is 1. The van der Waals surface area contributed by atoms with Gasteiger partial charge in [0.05, 0.1) is 0 Å². The first-order valence-electron chi connectivity index (χ1n) is 4.95. The molecule has 0 fully saturated rings. The van der Waals surface area contributed by atoms with Crippen LogP contribution in [0.2, 0.25) is 0 Å². The highest BCUT2D eigenvalue weighted by atomic mass is 16.2. The van der Waals surface area contributed by atoms with Crippen LogP contribution in [0.3, 0.4) is 0 Å². The van der Waals surface area contributed by atoms with Crippen LogP contribution in [0.25, 0.3) is 0 Å². The highest BCUT2D eigenvalue weighted by molar-refractivity contribution is 5.73. The Kier molecular flexibility index (Phi) is 8.27. The molecule has 84 valence electrons. The molecule has 0 saturated heterocycles. The summed E-state index contributed by atoms with van der Waals surface area (Å²) in [5, 5.41) is 14.4. The standard InChI is InChI=1S/C9H21N3O2/c1-12(2)9(14)11-7-6-10-5-3-4-8-13/h10,13H,3-8H2,1-2H3,(H,11,14). The minimum Gasteiger partial charge on any atom is -0.396 e. The van der Waals surface area contributed by atoms with E-state index < -0.39 is 0 Å². The Hall–Kier alpha value is -0.810. The number of carbonyl (C=O) groups excluding carboxylic acids is 1. The van der Waals surface area contributed by atoms with Crippen LogP contribution in [0, 0.1) is 0 Å². The predicted octanol–water partition coefficient (Wildman–Crippen LogP) is -0.380. The lowest BCUT2D eigenvalue weighted by molar-refractivity contribution is 0.217. The maximum Gasteiger partial charge on any atom is 0.316 e. The topological polar surface area (TPSA) is 64.6 Å². The number of nitrogens with zero attached hydrogens (tertiary/aromatic N) is 1. The van der Waals surface area contributed by atoms with Crippen LogP contribution in [0.15, 0.2) is 0 Å². The second-order valence-electron chi connectivity index (χ2n) is 3.31. The van der Waals surface area contributed by atoms with Crippen molar-refractivity contribution in [2.24, 2.45) is 0 Å². The molecule has 0 unspecified atom stereocenters. The zero-order valence-electron chi connectivity index (χ0n) is 9.05. The van der Waals surface area contributed by atoms with Crippen LogP contribution < -0.4 is 10.6 Å². The number of amides is 2. The first kappa shape index (κ1) is 13.2. The van der Waals surface area contributed by atoms with Crippen molar-refractivity contribution in [2.75, 3.05) is 40.3 Å². The van der Waals surface area contributed by atoms with Crippen LogP contribution in [-0.2, 0) is 0 Å². The quantitative estimate of drug-likeness (QED) is 0.494.